The first-order valence-corrected chi connectivity index (χ1v) is 6.77. The molecule has 0 amide bonds. The number of Topliss-reactive ketones (excluding diaryl/α,β-unsaturated/α-hetero) is 1. The van der Waals surface area contributed by atoms with Gasteiger partial charge in [0.25, 0.3) is 0 Å². The molecule has 0 atom stereocenters. The zero-order valence-corrected chi connectivity index (χ0v) is 11.3. The maximum Gasteiger partial charge on any atom is 0.343 e. The SMILES string of the molecule is CCn1c(SCC(=O)c2ccc(F)cc2F)n[nH]c1=O. The molecule has 0 radical (unpaired) electrons. The van der Waals surface area contributed by atoms with Crippen molar-refractivity contribution in [2.45, 2.75) is 18.6 Å². The Morgan fingerprint density at radius 1 is 1.45 bits per heavy atom. The Morgan fingerprint density at radius 3 is 2.85 bits per heavy atom. The lowest BCUT2D eigenvalue weighted by atomic mass is 10.1. The van der Waals surface area contributed by atoms with Gasteiger partial charge < -0.3 is 0 Å². The average molecular weight is 299 g/mol. The summed E-state index contributed by atoms with van der Waals surface area (Å²) in [6.07, 6.45) is 0. The number of halogens is 2. The summed E-state index contributed by atoms with van der Waals surface area (Å²) < 4.78 is 27.5. The van der Waals surface area contributed by atoms with E-state index < -0.39 is 17.4 Å². The Bertz CT molecular complexity index is 696. The Balaban J connectivity index is 2.10. The van der Waals surface area contributed by atoms with Gasteiger partial charge in [-0.25, -0.2) is 18.7 Å². The van der Waals surface area contributed by atoms with Gasteiger partial charge in [-0.2, -0.15) is 0 Å². The van der Waals surface area contributed by atoms with Gasteiger partial charge in [0.2, 0.25) is 0 Å². The Labute approximate surface area is 117 Å². The molecule has 106 valence electrons. The number of benzene rings is 1. The number of aromatic nitrogens is 3. The summed E-state index contributed by atoms with van der Waals surface area (Å²) in [6.45, 7) is 2.18. The largest absolute Gasteiger partial charge is 0.343 e. The van der Waals surface area contributed by atoms with Gasteiger partial charge in [-0.05, 0) is 19.1 Å². The van der Waals surface area contributed by atoms with E-state index in [2.05, 4.69) is 10.2 Å². The van der Waals surface area contributed by atoms with Gasteiger partial charge in [0.15, 0.2) is 10.9 Å². The minimum Gasteiger partial charge on any atom is -0.293 e. The number of aromatic amines is 1. The number of rotatable bonds is 5. The Kier molecular flexibility index (Phi) is 4.33. The summed E-state index contributed by atoms with van der Waals surface area (Å²) in [5.74, 6) is -2.22. The van der Waals surface area contributed by atoms with E-state index in [0.717, 1.165) is 23.9 Å². The third-order valence-electron chi connectivity index (χ3n) is 2.60. The van der Waals surface area contributed by atoms with Crippen molar-refractivity contribution < 1.29 is 13.6 Å². The number of nitrogens with zero attached hydrogens (tertiary/aromatic N) is 2. The lowest BCUT2D eigenvalue weighted by Gasteiger charge is -2.03. The van der Waals surface area contributed by atoms with Crippen molar-refractivity contribution in [2.75, 3.05) is 5.75 Å². The van der Waals surface area contributed by atoms with Crippen LogP contribution in [-0.4, -0.2) is 26.3 Å². The minimum absolute atomic E-state index is 0.0904. The molecule has 0 unspecified atom stereocenters. The van der Waals surface area contributed by atoms with Crippen molar-refractivity contribution in [3.05, 3.63) is 45.9 Å². The molecular formula is C12H11F2N3O2S. The first kappa shape index (κ1) is 14.4. The van der Waals surface area contributed by atoms with Crippen molar-refractivity contribution in [3.63, 3.8) is 0 Å². The zero-order valence-electron chi connectivity index (χ0n) is 10.5. The van der Waals surface area contributed by atoms with E-state index in [1.807, 2.05) is 0 Å². The van der Waals surface area contributed by atoms with Crippen molar-refractivity contribution in [1.82, 2.24) is 14.8 Å². The molecule has 5 nitrogen and oxygen atoms in total. The normalized spacial score (nSPS) is 10.8. The van der Waals surface area contributed by atoms with Crippen LogP contribution in [0, 0.1) is 11.6 Å². The van der Waals surface area contributed by atoms with E-state index in [1.165, 1.54) is 4.57 Å². The van der Waals surface area contributed by atoms with Crippen molar-refractivity contribution >= 4 is 17.5 Å². The lowest BCUT2D eigenvalue weighted by Crippen LogP contribution is -2.16. The highest BCUT2D eigenvalue weighted by atomic mass is 32.2. The molecule has 0 aliphatic heterocycles. The molecule has 20 heavy (non-hydrogen) atoms. The maximum absolute atomic E-state index is 13.4. The fraction of sp³-hybridized carbons (Fsp3) is 0.250. The van der Waals surface area contributed by atoms with Crippen LogP contribution in [0.2, 0.25) is 0 Å². The average Bonchev–Trinajstić information content (AvgIpc) is 2.76. The van der Waals surface area contributed by atoms with Gasteiger partial charge in [-0.1, -0.05) is 11.8 Å². The van der Waals surface area contributed by atoms with E-state index >= 15 is 0 Å². The third-order valence-corrected chi connectivity index (χ3v) is 3.58. The van der Waals surface area contributed by atoms with E-state index in [1.54, 1.807) is 6.92 Å². The fourth-order valence-corrected chi connectivity index (χ4v) is 2.51. The number of nitrogens with one attached hydrogen (secondary N) is 1. The molecule has 0 saturated heterocycles. The zero-order chi connectivity index (χ0) is 14.7. The molecule has 0 fully saturated rings. The van der Waals surface area contributed by atoms with E-state index in [9.17, 15) is 18.4 Å². The summed E-state index contributed by atoms with van der Waals surface area (Å²) in [4.78, 5) is 23.2. The number of hydrogen-bond acceptors (Lipinski definition) is 4. The topological polar surface area (TPSA) is 67.8 Å². The second kappa shape index (κ2) is 6.00. The van der Waals surface area contributed by atoms with Crippen LogP contribution in [0.4, 0.5) is 8.78 Å². The number of H-pyrrole nitrogens is 1. The van der Waals surface area contributed by atoms with Gasteiger partial charge in [0.1, 0.15) is 11.6 Å². The summed E-state index contributed by atoms with van der Waals surface area (Å²) >= 11 is 1.02. The quantitative estimate of drug-likeness (QED) is 0.676. The molecule has 0 aliphatic carbocycles. The van der Waals surface area contributed by atoms with Gasteiger partial charge in [0.05, 0.1) is 11.3 Å². The highest BCUT2D eigenvalue weighted by Gasteiger charge is 2.15. The number of hydrogen-bond donors (Lipinski definition) is 1. The molecule has 0 aliphatic rings. The van der Waals surface area contributed by atoms with Crippen LogP contribution in [0.3, 0.4) is 0 Å². The molecule has 2 rings (SSSR count). The van der Waals surface area contributed by atoms with Gasteiger partial charge in [-0.15, -0.1) is 5.10 Å². The number of carbonyl (C=O) groups is 1. The summed E-state index contributed by atoms with van der Waals surface area (Å²) in [6, 6.07) is 2.79. The van der Waals surface area contributed by atoms with E-state index in [4.69, 9.17) is 0 Å². The van der Waals surface area contributed by atoms with Gasteiger partial charge in [0, 0.05) is 12.6 Å². The van der Waals surface area contributed by atoms with Crippen LogP contribution in [0.15, 0.2) is 28.2 Å². The maximum atomic E-state index is 13.4. The molecule has 1 aromatic heterocycles. The summed E-state index contributed by atoms with van der Waals surface area (Å²) in [5.41, 5.74) is -0.546. The van der Waals surface area contributed by atoms with Crippen LogP contribution in [0.1, 0.15) is 17.3 Å². The molecular weight excluding hydrogens is 288 g/mol. The van der Waals surface area contributed by atoms with E-state index in [0.29, 0.717) is 17.8 Å². The van der Waals surface area contributed by atoms with Gasteiger partial charge >= 0.3 is 5.69 Å². The highest BCUT2D eigenvalue weighted by Crippen LogP contribution is 2.17. The molecule has 8 heteroatoms. The van der Waals surface area contributed by atoms with Crippen LogP contribution < -0.4 is 5.69 Å². The second-order valence-corrected chi connectivity index (χ2v) is 4.83. The Hall–Kier alpha value is -1.96. The smallest absolute Gasteiger partial charge is 0.293 e. The summed E-state index contributed by atoms with van der Waals surface area (Å²) in [7, 11) is 0. The number of carbonyl (C=O) groups excluding carboxylic acids is 1. The fourth-order valence-electron chi connectivity index (χ4n) is 1.62. The van der Waals surface area contributed by atoms with E-state index in [-0.39, 0.29) is 17.0 Å². The third kappa shape index (κ3) is 2.96. The highest BCUT2D eigenvalue weighted by molar-refractivity contribution is 7.99. The van der Waals surface area contributed by atoms with Crippen LogP contribution >= 0.6 is 11.8 Å². The standard InChI is InChI=1S/C12H11F2N3O2S/c1-2-17-11(19)15-16-12(17)20-6-10(18)8-4-3-7(13)5-9(8)14/h3-5H,2,6H2,1H3,(H,15,19). The molecule has 1 heterocycles. The molecule has 1 N–H and O–H groups in total. The van der Waals surface area contributed by atoms with Crippen molar-refractivity contribution in [1.29, 1.82) is 0 Å². The van der Waals surface area contributed by atoms with Crippen LogP contribution in [-0.2, 0) is 6.54 Å². The number of thioether (sulfide) groups is 1. The monoisotopic (exact) mass is 299 g/mol. The van der Waals surface area contributed by atoms with Crippen LogP contribution in [0.5, 0.6) is 0 Å². The number of ketones is 1. The molecule has 0 spiro atoms. The summed E-state index contributed by atoms with van der Waals surface area (Å²) in [5, 5.41) is 6.40. The first-order chi connectivity index (χ1) is 9.52. The minimum atomic E-state index is -0.898. The Morgan fingerprint density at radius 2 is 2.20 bits per heavy atom. The first-order valence-electron chi connectivity index (χ1n) is 5.79. The molecule has 2 aromatic rings. The second-order valence-electron chi connectivity index (χ2n) is 3.89. The van der Waals surface area contributed by atoms with Crippen molar-refractivity contribution in [3.8, 4) is 0 Å². The van der Waals surface area contributed by atoms with Crippen LogP contribution in [0.25, 0.3) is 0 Å². The molecule has 0 saturated carbocycles. The van der Waals surface area contributed by atoms with Crippen molar-refractivity contribution in [2.24, 2.45) is 0 Å². The predicted molar refractivity (Wildman–Crippen MR) is 69.9 cm³/mol. The molecule has 0 bridgehead atoms. The molecule has 1 aromatic carbocycles. The lowest BCUT2D eigenvalue weighted by molar-refractivity contribution is 0.101. The van der Waals surface area contributed by atoms with Gasteiger partial charge in [-0.3, -0.25) is 9.36 Å². The predicted octanol–water partition coefficient (Wildman–Crippen LogP) is 1.84.